The number of nitro benzene ring substituents is 1. The number of benzene rings is 2. The number of nitro groups is 1. The van der Waals surface area contributed by atoms with Gasteiger partial charge < -0.3 is 15.4 Å². The highest BCUT2D eigenvalue weighted by atomic mass is 32.2. The Kier molecular flexibility index (Phi) is 8.63. The van der Waals surface area contributed by atoms with Crippen LogP contribution in [0.15, 0.2) is 47.4 Å². The van der Waals surface area contributed by atoms with E-state index in [1.807, 2.05) is 6.07 Å². The molecule has 0 saturated carbocycles. The molecule has 0 unspecified atom stereocenters. The number of ether oxygens (including phenoxy) is 1. The molecule has 9 nitrogen and oxygen atoms in total. The molecule has 2 N–H and O–H groups in total. The lowest BCUT2D eigenvalue weighted by molar-refractivity contribution is -0.384. The van der Waals surface area contributed by atoms with Gasteiger partial charge in [0.15, 0.2) is 6.61 Å². The number of halogens is 3. The Morgan fingerprint density at radius 3 is 2.58 bits per heavy atom. The fraction of sp³-hybridized carbons (Fsp3) is 0.250. The minimum Gasteiger partial charge on any atom is -0.454 e. The van der Waals surface area contributed by atoms with Gasteiger partial charge in [0.05, 0.1) is 28.0 Å². The van der Waals surface area contributed by atoms with Crippen LogP contribution >= 0.6 is 11.8 Å². The molecule has 0 fully saturated rings. The third kappa shape index (κ3) is 7.39. The number of carbonyl (C=O) groups excluding carboxylic acids is 2. The number of nitrogens with zero attached hydrogens (tertiary/aromatic N) is 2. The van der Waals surface area contributed by atoms with Gasteiger partial charge in [-0.15, -0.1) is 11.8 Å². The molecule has 2 rings (SSSR count). The lowest BCUT2D eigenvalue weighted by Gasteiger charge is -2.16. The lowest BCUT2D eigenvalue weighted by Crippen LogP contribution is -2.31. The van der Waals surface area contributed by atoms with Gasteiger partial charge in [0.2, 0.25) is 0 Å². The zero-order chi connectivity index (χ0) is 24.6. The largest absolute Gasteiger partial charge is 0.454 e. The van der Waals surface area contributed by atoms with Crippen LogP contribution in [0.4, 0.5) is 30.2 Å². The predicted molar refractivity (Wildman–Crippen MR) is 114 cm³/mol. The van der Waals surface area contributed by atoms with Crippen LogP contribution in [0.1, 0.15) is 12.5 Å². The number of esters is 1. The maximum Gasteiger partial charge on any atom is 0.416 e. The summed E-state index contributed by atoms with van der Waals surface area (Å²) < 4.78 is 43.3. The van der Waals surface area contributed by atoms with E-state index in [4.69, 9.17) is 10.00 Å². The van der Waals surface area contributed by atoms with Crippen molar-refractivity contribution in [3.63, 3.8) is 0 Å². The second kappa shape index (κ2) is 11.2. The highest BCUT2D eigenvalue weighted by Gasteiger charge is 2.33. The van der Waals surface area contributed by atoms with Crippen LogP contribution in [-0.2, 0) is 20.5 Å². The zero-order valence-corrected chi connectivity index (χ0v) is 17.8. The first-order valence-corrected chi connectivity index (χ1v) is 10.2. The first kappa shape index (κ1) is 25.5. The van der Waals surface area contributed by atoms with Crippen molar-refractivity contribution in [1.29, 1.82) is 5.26 Å². The minimum absolute atomic E-state index is 0.168. The number of amides is 1. The van der Waals surface area contributed by atoms with Crippen LogP contribution in [0.5, 0.6) is 0 Å². The van der Waals surface area contributed by atoms with Gasteiger partial charge in [0.1, 0.15) is 11.7 Å². The number of rotatable bonds is 9. The molecule has 0 aliphatic carbocycles. The van der Waals surface area contributed by atoms with Crippen molar-refractivity contribution in [1.82, 2.24) is 0 Å². The van der Waals surface area contributed by atoms with E-state index in [0.717, 1.165) is 6.07 Å². The van der Waals surface area contributed by atoms with Crippen LogP contribution in [0, 0.1) is 21.4 Å². The van der Waals surface area contributed by atoms with E-state index in [9.17, 15) is 32.9 Å². The molecule has 33 heavy (non-hydrogen) atoms. The Bertz CT molecular complexity index is 1090. The van der Waals surface area contributed by atoms with Crippen LogP contribution in [0.2, 0.25) is 0 Å². The quantitative estimate of drug-likeness (QED) is 0.235. The average molecular weight is 482 g/mol. The fourth-order valence-electron chi connectivity index (χ4n) is 2.53. The van der Waals surface area contributed by atoms with E-state index in [0.29, 0.717) is 22.7 Å². The van der Waals surface area contributed by atoms with Gasteiger partial charge in [0, 0.05) is 11.0 Å². The molecule has 13 heteroatoms. The van der Waals surface area contributed by atoms with Crippen molar-refractivity contribution < 1.29 is 32.4 Å². The molecule has 0 aromatic heterocycles. The molecule has 174 valence electrons. The van der Waals surface area contributed by atoms with Crippen molar-refractivity contribution in [3.8, 4) is 6.07 Å². The monoisotopic (exact) mass is 482 g/mol. The first-order chi connectivity index (χ1) is 15.5. The molecule has 0 aliphatic rings. The molecule has 2 aromatic carbocycles. The smallest absolute Gasteiger partial charge is 0.416 e. The van der Waals surface area contributed by atoms with E-state index in [1.54, 1.807) is 24.3 Å². The highest BCUT2D eigenvalue weighted by molar-refractivity contribution is 7.99. The van der Waals surface area contributed by atoms with Gasteiger partial charge >= 0.3 is 12.1 Å². The van der Waals surface area contributed by atoms with Crippen molar-refractivity contribution in [2.45, 2.75) is 24.0 Å². The third-order valence-electron chi connectivity index (χ3n) is 4.05. The molecule has 0 spiro atoms. The molecular formula is C20H17F3N4O5S. The standard InChI is InChI=1S/C20H17F3N4O5S/c1-12(25-14-7-6-13(20(21,22)23)10-16(14)27(30)31)19(29)32-11-18(28)26-15-4-2-3-5-17(15)33-9-8-24/h2-7,10,12,25H,9,11H2,1H3,(H,26,28)/t12-/m0/s1. The number of thioether (sulfide) groups is 1. The Balaban J connectivity index is 1.98. The van der Waals surface area contributed by atoms with Crippen LogP contribution in [0.3, 0.4) is 0 Å². The second-order valence-electron chi connectivity index (χ2n) is 6.45. The number of nitriles is 1. The maximum absolute atomic E-state index is 12.8. The molecule has 0 saturated heterocycles. The number of nitrogens with one attached hydrogen (secondary N) is 2. The topological polar surface area (TPSA) is 134 Å². The van der Waals surface area contributed by atoms with Crippen molar-refractivity contribution in [3.05, 3.63) is 58.1 Å². The zero-order valence-electron chi connectivity index (χ0n) is 17.0. The van der Waals surface area contributed by atoms with Crippen LogP contribution in [0.25, 0.3) is 0 Å². The van der Waals surface area contributed by atoms with Gasteiger partial charge in [-0.2, -0.15) is 18.4 Å². The summed E-state index contributed by atoms with van der Waals surface area (Å²) in [6, 6.07) is 9.30. The van der Waals surface area contributed by atoms with E-state index < -0.39 is 46.9 Å². The molecule has 2 aromatic rings. The fourth-order valence-corrected chi connectivity index (χ4v) is 3.20. The number of hydrogen-bond acceptors (Lipinski definition) is 8. The second-order valence-corrected chi connectivity index (χ2v) is 7.47. The number of alkyl halides is 3. The minimum atomic E-state index is -4.77. The molecule has 1 atom stereocenters. The summed E-state index contributed by atoms with van der Waals surface area (Å²) in [5.41, 5.74) is -1.97. The predicted octanol–water partition coefficient (Wildman–Crippen LogP) is 4.21. The van der Waals surface area contributed by atoms with Crippen LogP contribution < -0.4 is 10.6 Å². The SMILES string of the molecule is C[C@H](Nc1ccc(C(F)(F)F)cc1[N+](=O)[O-])C(=O)OCC(=O)Nc1ccccc1SCC#N. The maximum atomic E-state index is 12.8. The third-order valence-corrected chi connectivity index (χ3v) is 4.99. The van der Waals surface area contributed by atoms with E-state index in [1.165, 1.54) is 18.7 Å². The van der Waals surface area contributed by atoms with Gasteiger partial charge in [-0.1, -0.05) is 12.1 Å². The Labute approximate surface area is 190 Å². The molecule has 0 radical (unpaired) electrons. The summed E-state index contributed by atoms with van der Waals surface area (Å²) in [7, 11) is 0. The number of para-hydroxylation sites is 1. The Morgan fingerprint density at radius 2 is 1.94 bits per heavy atom. The van der Waals surface area contributed by atoms with Crippen LogP contribution in [-0.4, -0.2) is 35.2 Å². The highest BCUT2D eigenvalue weighted by Crippen LogP contribution is 2.35. The van der Waals surface area contributed by atoms with E-state index >= 15 is 0 Å². The summed E-state index contributed by atoms with van der Waals surface area (Å²) in [4.78, 5) is 35.1. The van der Waals surface area contributed by atoms with E-state index in [2.05, 4.69) is 10.6 Å². The number of anilines is 2. The van der Waals surface area contributed by atoms with Gasteiger partial charge in [0.25, 0.3) is 11.6 Å². The molecular weight excluding hydrogens is 465 g/mol. The van der Waals surface area contributed by atoms with Crippen molar-refractivity contribution in [2.75, 3.05) is 23.0 Å². The molecule has 1 amide bonds. The average Bonchev–Trinajstić information content (AvgIpc) is 2.76. The Morgan fingerprint density at radius 1 is 1.24 bits per heavy atom. The van der Waals surface area contributed by atoms with Gasteiger partial charge in [-0.25, -0.2) is 4.79 Å². The molecule has 0 aliphatic heterocycles. The van der Waals surface area contributed by atoms with Crippen molar-refractivity contribution >= 4 is 40.7 Å². The summed E-state index contributed by atoms with van der Waals surface area (Å²) >= 11 is 1.21. The first-order valence-electron chi connectivity index (χ1n) is 9.20. The van der Waals surface area contributed by atoms with Gasteiger partial charge in [-0.3, -0.25) is 14.9 Å². The summed E-state index contributed by atoms with van der Waals surface area (Å²) in [5.74, 6) is -1.45. The summed E-state index contributed by atoms with van der Waals surface area (Å²) in [6.45, 7) is 0.604. The van der Waals surface area contributed by atoms with Gasteiger partial charge in [-0.05, 0) is 31.2 Å². The lowest BCUT2D eigenvalue weighted by atomic mass is 10.1. The van der Waals surface area contributed by atoms with E-state index in [-0.39, 0.29) is 11.4 Å². The Hall–Kier alpha value is -3.79. The molecule has 0 heterocycles. The number of carbonyl (C=O) groups is 2. The summed E-state index contributed by atoms with van der Waals surface area (Å²) in [6.07, 6.45) is -4.77. The number of hydrogen-bond donors (Lipinski definition) is 2. The molecule has 0 bridgehead atoms. The summed E-state index contributed by atoms with van der Waals surface area (Å²) in [5, 5.41) is 24.8. The normalized spacial score (nSPS) is 11.7. The van der Waals surface area contributed by atoms with Crippen molar-refractivity contribution in [2.24, 2.45) is 0 Å².